The first-order valence-corrected chi connectivity index (χ1v) is 10.7. The molecule has 1 aliphatic rings. The molecule has 0 unspecified atom stereocenters. The third-order valence-electron chi connectivity index (χ3n) is 5.27. The average Bonchev–Trinajstić information content (AvgIpc) is 2.81. The topological polar surface area (TPSA) is 75.6 Å². The Hall–Kier alpha value is -2.81. The quantitative estimate of drug-likeness (QED) is 0.458. The van der Waals surface area contributed by atoms with Gasteiger partial charge in [0.25, 0.3) is 5.91 Å². The van der Waals surface area contributed by atoms with Crippen molar-refractivity contribution in [3.8, 4) is 17.2 Å². The number of carbonyl (C=O) groups is 1. The van der Waals surface area contributed by atoms with Gasteiger partial charge in [-0.05, 0) is 23.8 Å². The fourth-order valence-electron chi connectivity index (χ4n) is 3.57. The molecule has 0 aromatic heterocycles. The summed E-state index contributed by atoms with van der Waals surface area (Å²) < 4.78 is 16.0. The zero-order chi connectivity index (χ0) is 22.9. The first-order chi connectivity index (χ1) is 15.5. The molecule has 1 fully saturated rings. The molecule has 0 spiro atoms. The molecule has 172 valence electrons. The molecule has 2 aromatic rings. The Morgan fingerprint density at radius 1 is 1.03 bits per heavy atom. The number of hydrazone groups is 1. The second-order valence-electron chi connectivity index (χ2n) is 7.40. The van der Waals surface area contributed by atoms with Crippen LogP contribution in [0.1, 0.15) is 11.1 Å². The van der Waals surface area contributed by atoms with E-state index in [-0.39, 0.29) is 5.91 Å². The maximum Gasteiger partial charge on any atom is 0.254 e. The standard InChI is InChI=1S/C23H29ClN4O4/c1-30-20-12-17(13-21(31-2)23(20)32-3)14-25-26-22(29)16-28-10-8-27(9-11-28)15-18-6-4-5-7-19(18)24/h4-7,12-14H,8-11,15-16H2,1-3H3,(H,26,29)/b25-14+. The number of methoxy groups -OCH3 is 3. The van der Waals surface area contributed by atoms with Crippen LogP contribution in [-0.2, 0) is 11.3 Å². The number of halogens is 1. The van der Waals surface area contributed by atoms with Crippen LogP contribution in [-0.4, -0.2) is 76.0 Å². The molecule has 0 bridgehead atoms. The summed E-state index contributed by atoms with van der Waals surface area (Å²) in [7, 11) is 4.65. The van der Waals surface area contributed by atoms with Gasteiger partial charge < -0.3 is 14.2 Å². The number of carbonyl (C=O) groups excluding carboxylic acids is 1. The lowest BCUT2D eigenvalue weighted by molar-refractivity contribution is -0.122. The zero-order valence-electron chi connectivity index (χ0n) is 18.6. The number of ether oxygens (including phenoxy) is 3. The first kappa shape index (κ1) is 23.8. The van der Waals surface area contributed by atoms with Crippen LogP contribution in [0.25, 0.3) is 0 Å². The van der Waals surface area contributed by atoms with E-state index in [0.29, 0.717) is 29.4 Å². The predicted octanol–water partition coefficient (Wildman–Crippen LogP) is 2.63. The molecule has 32 heavy (non-hydrogen) atoms. The normalized spacial score (nSPS) is 15.0. The van der Waals surface area contributed by atoms with Crippen LogP contribution in [0.2, 0.25) is 5.02 Å². The lowest BCUT2D eigenvalue weighted by Gasteiger charge is -2.34. The van der Waals surface area contributed by atoms with E-state index in [4.69, 9.17) is 25.8 Å². The van der Waals surface area contributed by atoms with Gasteiger partial charge >= 0.3 is 0 Å². The number of amides is 1. The van der Waals surface area contributed by atoms with Gasteiger partial charge in [-0.25, -0.2) is 5.43 Å². The summed E-state index contributed by atoms with van der Waals surface area (Å²) in [5, 5.41) is 4.86. The molecule has 8 nitrogen and oxygen atoms in total. The van der Waals surface area contributed by atoms with Crippen molar-refractivity contribution in [3.05, 3.63) is 52.5 Å². The Bertz CT molecular complexity index is 920. The summed E-state index contributed by atoms with van der Waals surface area (Å²) in [6, 6.07) is 11.4. The summed E-state index contributed by atoms with van der Waals surface area (Å²) in [5.74, 6) is 1.39. The van der Waals surface area contributed by atoms with Crippen molar-refractivity contribution in [1.82, 2.24) is 15.2 Å². The van der Waals surface area contributed by atoms with E-state index in [2.05, 4.69) is 20.3 Å². The Morgan fingerprint density at radius 2 is 1.66 bits per heavy atom. The van der Waals surface area contributed by atoms with E-state index in [1.807, 2.05) is 24.3 Å². The maximum atomic E-state index is 12.3. The van der Waals surface area contributed by atoms with Crippen LogP contribution in [0.5, 0.6) is 17.2 Å². The largest absolute Gasteiger partial charge is 0.493 e. The predicted molar refractivity (Wildman–Crippen MR) is 125 cm³/mol. The number of benzene rings is 2. The molecular formula is C23H29ClN4O4. The third kappa shape index (κ3) is 6.35. The van der Waals surface area contributed by atoms with Gasteiger partial charge in [0.05, 0.1) is 34.1 Å². The highest BCUT2D eigenvalue weighted by Gasteiger charge is 2.19. The molecule has 1 N–H and O–H groups in total. The maximum absolute atomic E-state index is 12.3. The number of rotatable bonds is 9. The molecule has 0 radical (unpaired) electrons. The van der Waals surface area contributed by atoms with Crippen molar-refractivity contribution in [2.24, 2.45) is 5.10 Å². The van der Waals surface area contributed by atoms with Crippen molar-refractivity contribution in [2.75, 3.05) is 54.1 Å². The second-order valence-corrected chi connectivity index (χ2v) is 7.80. The van der Waals surface area contributed by atoms with Gasteiger partial charge in [-0.3, -0.25) is 14.6 Å². The Morgan fingerprint density at radius 3 is 2.25 bits per heavy atom. The van der Waals surface area contributed by atoms with Gasteiger partial charge in [0.2, 0.25) is 5.75 Å². The van der Waals surface area contributed by atoms with Gasteiger partial charge in [0.15, 0.2) is 11.5 Å². The van der Waals surface area contributed by atoms with Gasteiger partial charge in [0.1, 0.15) is 0 Å². The van der Waals surface area contributed by atoms with Gasteiger partial charge in [-0.1, -0.05) is 29.8 Å². The molecule has 3 rings (SSSR count). The smallest absolute Gasteiger partial charge is 0.254 e. The number of piperazine rings is 1. The van der Waals surface area contributed by atoms with Crippen molar-refractivity contribution in [2.45, 2.75) is 6.54 Å². The Kier molecular flexibility index (Phi) is 8.72. The lowest BCUT2D eigenvalue weighted by atomic mass is 10.2. The molecule has 1 saturated heterocycles. The number of nitrogens with one attached hydrogen (secondary N) is 1. The third-order valence-corrected chi connectivity index (χ3v) is 5.64. The van der Waals surface area contributed by atoms with E-state index in [9.17, 15) is 4.79 Å². The number of hydrogen-bond acceptors (Lipinski definition) is 7. The van der Waals surface area contributed by atoms with Crippen molar-refractivity contribution >= 4 is 23.7 Å². The van der Waals surface area contributed by atoms with Crippen LogP contribution in [0.3, 0.4) is 0 Å². The van der Waals surface area contributed by atoms with Crippen molar-refractivity contribution < 1.29 is 19.0 Å². The van der Waals surface area contributed by atoms with Gasteiger partial charge in [-0.2, -0.15) is 5.10 Å². The minimum atomic E-state index is -0.159. The molecule has 0 saturated carbocycles. The monoisotopic (exact) mass is 460 g/mol. The average molecular weight is 461 g/mol. The van der Waals surface area contributed by atoms with Crippen molar-refractivity contribution in [1.29, 1.82) is 0 Å². The summed E-state index contributed by atoms with van der Waals surface area (Å²) in [6.45, 7) is 4.51. The highest BCUT2D eigenvalue weighted by molar-refractivity contribution is 6.31. The highest BCUT2D eigenvalue weighted by atomic mass is 35.5. The van der Waals surface area contributed by atoms with E-state index in [1.54, 1.807) is 39.7 Å². The molecule has 0 aliphatic carbocycles. The van der Waals surface area contributed by atoms with E-state index in [1.165, 1.54) is 0 Å². The number of nitrogens with zero attached hydrogens (tertiary/aromatic N) is 3. The molecule has 2 aromatic carbocycles. The summed E-state index contributed by atoms with van der Waals surface area (Å²) in [4.78, 5) is 16.8. The van der Waals surface area contributed by atoms with E-state index < -0.39 is 0 Å². The molecule has 1 heterocycles. The fraction of sp³-hybridized carbons (Fsp3) is 0.391. The van der Waals surface area contributed by atoms with Crippen LogP contribution in [0, 0.1) is 0 Å². The molecule has 9 heteroatoms. The Balaban J connectivity index is 1.46. The van der Waals surface area contributed by atoms with Crippen molar-refractivity contribution in [3.63, 3.8) is 0 Å². The molecule has 1 aliphatic heterocycles. The number of hydrogen-bond donors (Lipinski definition) is 1. The highest BCUT2D eigenvalue weighted by Crippen LogP contribution is 2.37. The van der Waals surface area contributed by atoms with Crippen LogP contribution in [0.4, 0.5) is 0 Å². The van der Waals surface area contributed by atoms with Gasteiger partial charge in [-0.15, -0.1) is 0 Å². The fourth-order valence-corrected chi connectivity index (χ4v) is 3.76. The Labute approximate surface area is 193 Å². The summed E-state index contributed by atoms with van der Waals surface area (Å²) >= 11 is 6.26. The minimum Gasteiger partial charge on any atom is -0.493 e. The van der Waals surface area contributed by atoms with Crippen LogP contribution >= 0.6 is 11.6 Å². The van der Waals surface area contributed by atoms with Gasteiger partial charge in [0, 0.05) is 43.3 Å². The lowest BCUT2D eigenvalue weighted by Crippen LogP contribution is -2.48. The minimum absolute atomic E-state index is 0.159. The van der Waals surface area contributed by atoms with Crippen LogP contribution < -0.4 is 19.6 Å². The zero-order valence-corrected chi connectivity index (χ0v) is 19.4. The summed E-state index contributed by atoms with van der Waals surface area (Å²) in [5.41, 5.74) is 4.43. The van der Waals surface area contributed by atoms with E-state index >= 15 is 0 Å². The van der Waals surface area contributed by atoms with E-state index in [0.717, 1.165) is 43.3 Å². The van der Waals surface area contributed by atoms with Crippen LogP contribution in [0.15, 0.2) is 41.5 Å². The molecule has 0 atom stereocenters. The molecule has 1 amide bonds. The SMILES string of the molecule is COc1cc(/C=N/NC(=O)CN2CCN(Cc3ccccc3Cl)CC2)cc(OC)c1OC. The second kappa shape index (κ2) is 11.7. The summed E-state index contributed by atoms with van der Waals surface area (Å²) in [6.07, 6.45) is 1.55. The molecular weight excluding hydrogens is 432 g/mol. The first-order valence-electron chi connectivity index (χ1n) is 10.3.